The summed E-state index contributed by atoms with van der Waals surface area (Å²) in [5.41, 5.74) is 1.13. The Kier molecular flexibility index (Phi) is 4.23. The molecule has 0 bridgehead atoms. The van der Waals surface area contributed by atoms with Gasteiger partial charge in [0.25, 0.3) is 0 Å². The normalized spacial score (nSPS) is 15.6. The van der Waals surface area contributed by atoms with Crippen molar-refractivity contribution in [2.75, 3.05) is 26.4 Å². The quantitative estimate of drug-likeness (QED) is 0.814. The highest BCUT2D eigenvalue weighted by atomic mass is 16.6. The fourth-order valence-corrected chi connectivity index (χ4v) is 2.04. The van der Waals surface area contributed by atoms with Gasteiger partial charge < -0.3 is 19.9 Å². The minimum Gasteiger partial charge on any atom is -0.486 e. The molecule has 94 valence electrons. The second-order valence-electron chi connectivity index (χ2n) is 4.03. The van der Waals surface area contributed by atoms with E-state index in [1.807, 2.05) is 18.2 Å². The van der Waals surface area contributed by atoms with Crippen LogP contribution in [0.2, 0.25) is 0 Å². The lowest BCUT2D eigenvalue weighted by atomic mass is 10.0. The molecule has 4 nitrogen and oxygen atoms in total. The number of hydrogen-bond acceptors (Lipinski definition) is 4. The molecule has 0 fully saturated rings. The van der Waals surface area contributed by atoms with Crippen molar-refractivity contribution in [3.05, 3.63) is 23.8 Å². The molecular weight excluding hydrogens is 218 g/mol. The van der Waals surface area contributed by atoms with E-state index in [-0.39, 0.29) is 12.6 Å². The lowest BCUT2D eigenvalue weighted by molar-refractivity contribution is 0.171. The maximum absolute atomic E-state index is 9.07. The first-order valence-corrected chi connectivity index (χ1v) is 6.09. The molecule has 2 N–H and O–H groups in total. The minimum atomic E-state index is 0.167. The molecule has 1 aromatic rings. The molecule has 1 aliphatic rings. The van der Waals surface area contributed by atoms with Crippen LogP contribution in [0.15, 0.2) is 18.2 Å². The molecule has 0 saturated carbocycles. The molecular formula is C13H19NO3. The van der Waals surface area contributed by atoms with Gasteiger partial charge in [-0.1, -0.05) is 13.0 Å². The van der Waals surface area contributed by atoms with Gasteiger partial charge in [-0.25, -0.2) is 0 Å². The third kappa shape index (κ3) is 2.90. The molecule has 17 heavy (non-hydrogen) atoms. The third-order valence-electron chi connectivity index (χ3n) is 2.84. The molecule has 0 aromatic heterocycles. The topological polar surface area (TPSA) is 50.7 Å². The largest absolute Gasteiger partial charge is 0.486 e. The molecule has 0 radical (unpaired) electrons. The number of hydrogen-bond donors (Lipinski definition) is 2. The van der Waals surface area contributed by atoms with Crippen LogP contribution in [0.4, 0.5) is 0 Å². The first-order chi connectivity index (χ1) is 8.35. The second kappa shape index (κ2) is 5.89. The van der Waals surface area contributed by atoms with Crippen LogP contribution in [0.5, 0.6) is 11.5 Å². The number of aliphatic hydroxyl groups is 1. The van der Waals surface area contributed by atoms with Crippen LogP contribution in [-0.4, -0.2) is 31.5 Å². The summed E-state index contributed by atoms with van der Waals surface area (Å²) in [4.78, 5) is 0. The van der Waals surface area contributed by atoms with Gasteiger partial charge in [0.15, 0.2) is 11.5 Å². The van der Waals surface area contributed by atoms with E-state index in [0.29, 0.717) is 19.6 Å². The Morgan fingerprint density at radius 2 is 2.06 bits per heavy atom. The van der Waals surface area contributed by atoms with Crippen molar-refractivity contribution in [3.63, 3.8) is 0 Å². The van der Waals surface area contributed by atoms with E-state index in [9.17, 15) is 0 Å². The average molecular weight is 237 g/mol. The molecule has 2 rings (SSSR count). The highest BCUT2D eigenvalue weighted by molar-refractivity contribution is 5.44. The zero-order chi connectivity index (χ0) is 12.1. The van der Waals surface area contributed by atoms with Crippen LogP contribution in [0.25, 0.3) is 0 Å². The highest BCUT2D eigenvalue weighted by Crippen LogP contribution is 2.33. The van der Waals surface area contributed by atoms with Crippen LogP contribution in [0, 0.1) is 0 Å². The van der Waals surface area contributed by atoms with Crippen molar-refractivity contribution >= 4 is 0 Å². The van der Waals surface area contributed by atoms with Gasteiger partial charge >= 0.3 is 0 Å². The molecule has 0 saturated heterocycles. The SMILES string of the molecule is CCN[C@H](CCO)c1ccc2c(c1)OCCO2. The molecule has 1 aliphatic heterocycles. The fraction of sp³-hybridized carbons (Fsp3) is 0.538. The van der Waals surface area contributed by atoms with Crippen LogP contribution >= 0.6 is 0 Å². The number of fused-ring (bicyclic) bond motifs is 1. The Morgan fingerprint density at radius 1 is 1.29 bits per heavy atom. The summed E-state index contributed by atoms with van der Waals surface area (Å²) in [6, 6.07) is 6.13. The van der Waals surface area contributed by atoms with Gasteiger partial charge in [-0.15, -0.1) is 0 Å². The van der Waals surface area contributed by atoms with Crippen LogP contribution < -0.4 is 14.8 Å². The Balaban J connectivity index is 2.18. The van der Waals surface area contributed by atoms with E-state index in [1.165, 1.54) is 0 Å². The second-order valence-corrected chi connectivity index (χ2v) is 4.03. The van der Waals surface area contributed by atoms with Gasteiger partial charge in [-0.3, -0.25) is 0 Å². The lowest BCUT2D eigenvalue weighted by Crippen LogP contribution is -2.22. The molecule has 0 spiro atoms. The zero-order valence-corrected chi connectivity index (χ0v) is 10.1. The van der Waals surface area contributed by atoms with E-state index in [0.717, 1.165) is 23.6 Å². The number of benzene rings is 1. The van der Waals surface area contributed by atoms with E-state index >= 15 is 0 Å². The van der Waals surface area contributed by atoms with Gasteiger partial charge in [-0.2, -0.15) is 0 Å². The van der Waals surface area contributed by atoms with Crippen LogP contribution in [0.3, 0.4) is 0 Å². The molecule has 1 atom stereocenters. The highest BCUT2D eigenvalue weighted by Gasteiger charge is 2.15. The Hall–Kier alpha value is -1.26. The summed E-state index contributed by atoms with van der Waals surface area (Å²) in [7, 11) is 0. The van der Waals surface area contributed by atoms with Crippen LogP contribution in [-0.2, 0) is 0 Å². The number of aliphatic hydroxyl groups excluding tert-OH is 1. The van der Waals surface area contributed by atoms with E-state index in [1.54, 1.807) is 0 Å². The summed E-state index contributed by atoms with van der Waals surface area (Å²) >= 11 is 0. The Bertz CT molecular complexity index is 362. The summed E-state index contributed by atoms with van der Waals surface area (Å²) in [6.45, 7) is 4.32. The summed E-state index contributed by atoms with van der Waals surface area (Å²) < 4.78 is 11.0. The van der Waals surface area contributed by atoms with Crippen molar-refractivity contribution in [2.45, 2.75) is 19.4 Å². The number of nitrogens with one attached hydrogen (secondary N) is 1. The summed E-state index contributed by atoms with van der Waals surface area (Å²) in [5, 5.41) is 12.4. The van der Waals surface area contributed by atoms with Crippen molar-refractivity contribution in [2.24, 2.45) is 0 Å². The van der Waals surface area contributed by atoms with Gasteiger partial charge in [0, 0.05) is 12.6 Å². The smallest absolute Gasteiger partial charge is 0.161 e. The molecule has 1 aromatic carbocycles. The predicted octanol–water partition coefficient (Wildman–Crippen LogP) is 1.49. The van der Waals surface area contributed by atoms with Gasteiger partial charge in [-0.05, 0) is 30.7 Å². The molecule has 4 heteroatoms. The standard InChI is InChI=1S/C13H19NO3/c1-2-14-11(5-6-15)10-3-4-12-13(9-10)17-8-7-16-12/h3-4,9,11,14-15H,2,5-8H2,1H3/t11-/m1/s1. The van der Waals surface area contributed by atoms with Gasteiger partial charge in [0.2, 0.25) is 0 Å². The minimum absolute atomic E-state index is 0.167. The predicted molar refractivity (Wildman–Crippen MR) is 65.6 cm³/mol. The fourth-order valence-electron chi connectivity index (χ4n) is 2.04. The molecule has 0 aliphatic carbocycles. The van der Waals surface area contributed by atoms with E-state index in [2.05, 4.69) is 12.2 Å². The number of ether oxygens (including phenoxy) is 2. The monoisotopic (exact) mass is 237 g/mol. The summed E-state index contributed by atoms with van der Waals surface area (Å²) in [6.07, 6.45) is 0.702. The maximum atomic E-state index is 9.07. The van der Waals surface area contributed by atoms with Gasteiger partial charge in [0.1, 0.15) is 13.2 Å². The van der Waals surface area contributed by atoms with Gasteiger partial charge in [0.05, 0.1) is 0 Å². The van der Waals surface area contributed by atoms with Crippen molar-refractivity contribution in [1.29, 1.82) is 0 Å². The average Bonchev–Trinajstić information content (AvgIpc) is 2.38. The van der Waals surface area contributed by atoms with E-state index < -0.39 is 0 Å². The Morgan fingerprint density at radius 3 is 2.76 bits per heavy atom. The first-order valence-electron chi connectivity index (χ1n) is 6.09. The summed E-state index contributed by atoms with van der Waals surface area (Å²) in [5.74, 6) is 1.61. The van der Waals surface area contributed by atoms with E-state index in [4.69, 9.17) is 14.6 Å². The zero-order valence-electron chi connectivity index (χ0n) is 10.1. The molecule has 1 heterocycles. The lowest BCUT2D eigenvalue weighted by Gasteiger charge is -2.22. The van der Waals surface area contributed by atoms with Crippen molar-refractivity contribution < 1.29 is 14.6 Å². The van der Waals surface area contributed by atoms with Crippen molar-refractivity contribution in [3.8, 4) is 11.5 Å². The van der Waals surface area contributed by atoms with Crippen LogP contribution in [0.1, 0.15) is 24.9 Å². The maximum Gasteiger partial charge on any atom is 0.161 e. The number of rotatable bonds is 5. The molecule has 0 unspecified atom stereocenters. The third-order valence-corrected chi connectivity index (χ3v) is 2.84. The van der Waals surface area contributed by atoms with Crippen molar-refractivity contribution in [1.82, 2.24) is 5.32 Å². The first kappa shape index (κ1) is 12.2. The molecule has 0 amide bonds. The Labute approximate surface area is 102 Å².